The minimum atomic E-state index is -0.890. The van der Waals surface area contributed by atoms with Gasteiger partial charge in [-0.15, -0.1) is 0 Å². The van der Waals surface area contributed by atoms with Gasteiger partial charge in [0.25, 0.3) is 0 Å². The van der Waals surface area contributed by atoms with E-state index in [0.717, 1.165) is 12.8 Å². The van der Waals surface area contributed by atoms with Crippen LogP contribution in [0.25, 0.3) is 0 Å². The Balaban J connectivity index is 2.10. The van der Waals surface area contributed by atoms with Crippen molar-refractivity contribution in [3.8, 4) is 0 Å². The lowest BCUT2D eigenvalue weighted by atomic mass is 9.63. The molecule has 17 heavy (non-hydrogen) atoms. The third-order valence-corrected chi connectivity index (χ3v) is 6.90. The van der Waals surface area contributed by atoms with Crippen molar-refractivity contribution in [1.82, 2.24) is 0 Å². The van der Waals surface area contributed by atoms with E-state index >= 15 is 0 Å². The summed E-state index contributed by atoms with van der Waals surface area (Å²) in [4.78, 5) is 0. The van der Waals surface area contributed by atoms with Gasteiger partial charge >= 0.3 is 0 Å². The molecule has 2 nitrogen and oxygen atoms in total. The van der Waals surface area contributed by atoms with E-state index in [1.54, 1.807) is 0 Å². The molecule has 3 fully saturated rings. The molecule has 0 heterocycles. The zero-order valence-corrected chi connectivity index (χ0v) is 11.5. The minimum Gasteiger partial charge on any atom is -0.390 e. The second-order valence-electron chi connectivity index (χ2n) is 7.79. The number of fused-ring (bicyclic) bond motifs is 1. The highest BCUT2D eigenvalue weighted by molar-refractivity contribution is 5.19. The SMILES string of the molecule is C[C@H]1CC[C@H]2C(C)(C)[C@H]3C[C@@]12C[C@@H](O)[C@@]3(C)O. The first-order chi connectivity index (χ1) is 7.73. The predicted molar refractivity (Wildman–Crippen MR) is 67.5 cm³/mol. The molecule has 6 atom stereocenters. The molecule has 0 radical (unpaired) electrons. The van der Waals surface area contributed by atoms with E-state index in [1.165, 1.54) is 12.8 Å². The number of hydrogen-bond acceptors (Lipinski definition) is 2. The van der Waals surface area contributed by atoms with Crippen LogP contribution in [-0.4, -0.2) is 21.9 Å². The Morgan fingerprint density at radius 1 is 1.00 bits per heavy atom. The fourth-order valence-corrected chi connectivity index (χ4v) is 5.86. The summed E-state index contributed by atoms with van der Waals surface area (Å²) >= 11 is 0. The van der Waals surface area contributed by atoms with E-state index in [1.807, 2.05) is 6.92 Å². The summed E-state index contributed by atoms with van der Waals surface area (Å²) in [6.07, 6.45) is 3.98. The Morgan fingerprint density at radius 2 is 1.65 bits per heavy atom. The number of rotatable bonds is 0. The van der Waals surface area contributed by atoms with Crippen LogP contribution in [0.3, 0.4) is 0 Å². The van der Waals surface area contributed by atoms with Crippen LogP contribution < -0.4 is 0 Å². The van der Waals surface area contributed by atoms with E-state index in [4.69, 9.17) is 0 Å². The Labute approximate surface area is 104 Å². The number of aliphatic hydroxyl groups excluding tert-OH is 1. The van der Waals surface area contributed by atoms with Gasteiger partial charge in [0.2, 0.25) is 0 Å². The number of hydrogen-bond donors (Lipinski definition) is 2. The van der Waals surface area contributed by atoms with Crippen molar-refractivity contribution in [1.29, 1.82) is 0 Å². The molecular formula is C15H26O2. The normalized spacial score (nSPS) is 60.4. The third kappa shape index (κ3) is 1.19. The quantitative estimate of drug-likeness (QED) is 0.681. The molecule has 0 aromatic carbocycles. The van der Waals surface area contributed by atoms with Gasteiger partial charge in [0, 0.05) is 0 Å². The maximum atomic E-state index is 10.7. The first-order valence-electron chi connectivity index (χ1n) is 7.13. The van der Waals surface area contributed by atoms with Gasteiger partial charge < -0.3 is 10.2 Å². The molecule has 98 valence electrons. The molecule has 0 aromatic rings. The molecule has 2 bridgehead atoms. The van der Waals surface area contributed by atoms with Gasteiger partial charge in [0.15, 0.2) is 0 Å². The van der Waals surface area contributed by atoms with Crippen molar-refractivity contribution in [2.45, 2.75) is 65.1 Å². The summed E-state index contributed by atoms with van der Waals surface area (Å²) in [6.45, 7) is 8.83. The third-order valence-electron chi connectivity index (χ3n) is 6.90. The molecule has 0 aromatic heterocycles. The summed E-state index contributed by atoms with van der Waals surface area (Å²) in [5.41, 5.74) is -0.402. The van der Waals surface area contributed by atoms with Crippen LogP contribution >= 0.6 is 0 Å². The van der Waals surface area contributed by atoms with E-state index in [9.17, 15) is 10.2 Å². The zero-order chi connectivity index (χ0) is 12.6. The highest BCUT2D eigenvalue weighted by atomic mass is 16.3. The van der Waals surface area contributed by atoms with Crippen LogP contribution in [0.5, 0.6) is 0 Å². The Kier molecular flexibility index (Phi) is 2.17. The number of aliphatic hydroxyl groups is 2. The summed E-state index contributed by atoms with van der Waals surface area (Å²) in [5, 5.41) is 21.0. The van der Waals surface area contributed by atoms with Crippen molar-refractivity contribution in [3.63, 3.8) is 0 Å². The minimum absolute atomic E-state index is 0.172. The predicted octanol–water partition coefficient (Wildman–Crippen LogP) is 2.58. The highest BCUT2D eigenvalue weighted by Gasteiger charge is 2.70. The second kappa shape index (κ2) is 3.08. The van der Waals surface area contributed by atoms with Gasteiger partial charge in [-0.1, -0.05) is 20.8 Å². The Bertz CT molecular complexity index is 347. The molecule has 3 aliphatic carbocycles. The van der Waals surface area contributed by atoms with Crippen molar-refractivity contribution < 1.29 is 10.2 Å². The summed E-state index contributed by atoms with van der Waals surface area (Å²) in [6, 6.07) is 0. The summed E-state index contributed by atoms with van der Waals surface area (Å²) in [5.74, 6) is 1.66. The maximum Gasteiger partial charge on any atom is 0.0911 e. The van der Waals surface area contributed by atoms with Crippen LogP contribution in [0.15, 0.2) is 0 Å². The largest absolute Gasteiger partial charge is 0.390 e. The van der Waals surface area contributed by atoms with Gasteiger partial charge in [-0.25, -0.2) is 0 Å². The van der Waals surface area contributed by atoms with E-state index < -0.39 is 11.7 Å². The van der Waals surface area contributed by atoms with Gasteiger partial charge in [0.1, 0.15) is 0 Å². The molecule has 0 saturated heterocycles. The van der Waals surface area contributed by atoms with E-state index in [-0.39, 0.29) is 11.3 Å². The lowest BCUT2D eigenvalue weighted by Crippen LogP contribution is -2.53. The van der Waals surface area contributed by atoms with Gasteiger partial charge in [0.05, 0.1) is 11.7 Å². The molecule has 0 aliphatic heterocycles. The molecule has 3 saturated carbocycles. The molecule has 3 aliphatic rings. The fourth-order valence-electron chi connectivity index (χ4n) is 5.86. The highest BCUT2D eigenvalue weighted by Crippen LogP contribution is 2.73. The van der Waals surface area contributed by atoms with Crippen molar-refractivity contribution in [2.24, 2.45) is 28.6 Å². The van der Waals surface area contributed by atoms with Crippen molar-refractivity contribution in [2.75, 3.05) is 0 Å². The lowest BCUT2D eigenvalue weighted by molar-refractivity contribution is -0.153. The van der Waals surface area contributed by atoms with Crippen LogP contribution in [0.1, 0.15) is 53.4 Å². The van der Waals surface area contributed by atoms with E-state index in [2.05, 4.69) is 20.8 Å². The first-order valence-corrected chi connectivity index (χ1v) is 7.13. The molecule has 1 spiro atoms. The lowest BCUT2D eigenvalue weighted by Gasteiger charge is -2.47. The van der Waals surface area contributed by atoms with Gasteiger partial charge in [-0.2, -0.15) is 0 Å². The second-order valence-corrected chi connectivity index (χ2v) is 7.79. The maximum absolute atomic E-state index is 10.7. The topological polar surface area (TPSA) is 40.5 Å². The van der Waals surface area contributed by atoms with Crippen LogP contribution in [0.4, 0.5) is 0 Å². The van der Waals surface area contributed by atoms with Crippen LogP contribution in [0.2, 0.25) is 0 Å². The van der Waals surface area contributed by atoms with Crippen molar-refractivity contribution >= 4 is 0 Å². The zero-order valence-electron chi connectivity index (χ0n) is 11.5. The Morgan fingerprint density at radius 3 is 2.29 bits per heavy atom. The van der Waals surface area contributed by atoms with Crippen LogP contribution in [-0.2, 0) is 0 Å². The summed E-state index contributed by atoms with van der Waals surface area (Å²) < 4.78 is 0. The molecule has 0 unspecified atom stereocenters. The first kappa shape index (κ1) is 12.0. The molecule has 0 amide bonds. The van der Waals surface area contributed by atoms with Crippen molar-refractivity contribution in [3.05, 3.63) is 0 Å². The molecule has 2 N–H and O–H groups in total. The van der Waals surface area contributed by atoms with Gasteiger partial charge in [-0.3, -0.25) is 0 Å². The average Bonchev–Trinajstić information content (AvgIpc) is 2.61. The van der Waals surface area contributed by atoms with Gasteiger partial charge in [-0.05, 0) is 61.2 Å². The van der Waals surface area contributed by atoms with E-state index in [0.29, 0.717) is 17.3 Å². The smallest absolute Gasteiger partial charge is 0.0911 e. The average molecular weight is 238 g/mol. The fraction of sp³-hybridized carbons (Fsp3) is 1.00. The Hall–Kier alpha value is -0.0800. The summed E-state index contributed by atoms with van der Waals surface area (Å²) in [7, 11) is 0. The monoisotopic (exact) mass is 238 g/mol. The molecule has 3 rings (SSSR count). The van der Waals surface area contributed by atoms with Crippen LogP contribution in [0, 0.1) is 28.6 Å². The standard InChI is InChI=1S/C15H26O2/c1-9-5-6-10-13(2,3)11-7-15(9,10)8-12(16)14(11,4)17/h9-12,16-17H,5-8H2,1-4H3/t9-,10-,11+,12+,14-,15+/m0/s1. The molecular weight excluding hydrogens is 212 g/mol. The molecule has 2 heteroatoms.